The van der Waals surface area contributed by atoms with Crippen LogP contribution in [0, 0.1) is 0 Å². The third-order valence-electron chi connectivity index (χ3n) is 3.97. The first-order chi connectivity index (χ1) is 11.5. The molecule has 0 radical (unpaired) electrons. The summed E-state index contributed by atoms with van der Waals surface area (Å²) in [6, 6.07) is 7.85. The Labute approximate surface area is 146 Å². The number of thioether (sulfide) groups is 1. The number of imide groups is 1. The van der Waals surface area contributed by atoms with Gasteiger partial charge >= 0.3 is 0 Å². The molecule has 0 aromatic heterocycles. The van der Waals surface area contributed by atoms with Crippen LogP contribution in [0.3, 0.4) is 0 Å². The van der Waals surface area contributed by atoms with Crippen LogP contribution < -0.4 is 0 Å². The Balaban J connectivity index is 2.12. The zero-order valence-electron chi connectivity index (χ0n) is 14.2. The predicted octanol–water partition coefficient (Wildman–Crippen LogP) is 3.15. The van der Waals surface area contributed by atoms with Gasteiger partial charge in [0.05, 0.1) is 4.91 Å². The van der Waals surface area contributed by atoms with Crippen LogP contribution in [-0.2, 0) is 16.0 Å². The van der Waals surface area contributed by atoms with E-state index in [0.717, 1.165) is 28.6 Å². The second kappa shape index (κ2) is 8.15. The van der Waals surface area contributed by atoms with E-state index in [1.807, 2.05) is 38.1 Å². The van der Waals surface area contributed by atoms with Gasteiger partial charge in [0, 0.05) is 13.1 Å². The van der Waals surface area contributed by atoms with Crippen molar-refractivity contribution in [3.63, 3.8) is 0 Å². The van der Waals surface area contributed by atoms with E-state index >= 15 is 0 Å². The van der Waals surface area contributed by atoms with Crippen molar-refractivity contribution in [2.24, 2.45) is 0 Å². The van der Waals surface area contributed by atoms with Crippen molar-refractivity contribution in [1.29, 1.82) is 0 Å². The first-order valence-corrected chi connectivity index (χ1v) is 8.93. The average Bonchev–Trinajstić information content (AvgIpc) is 2.84. The number of carbonyl (C=O) groups is 3. The van der Waals surface area contributed by atoms with E-state index in [0.29, 0.717) is 18.0 Å². The molecule has 1 aliphatic rings. The van der Waals surface area contributed by atoms with Crippen molar-refractivity contribution in [3.8, 4) is 0 Å². The lowest BCUT2D eigenvalue weighted by Gasteiger charge is -2.21. The van der Waals surface area contributed by atoms with Crippen LogP contribution in [0.2, 0.25) is 0 Å². The summed E-state index contributed by atoms with van der Waals surface area (Å²) in [7, 11) is 0. The van der Waals surface area contributed by atoms with E-state index in [2.05, 4.69) is 6.92 Å². The van der Waals surface area contributed by atoms with Crippen LogP contribution in [0.15, 0.2) is 29.2 Å². The Kier molecular flexibility index (Phi) is 6.20. The molecule has 1 aromatic carbocycles. The van der Waals surface area contributed by atoms with Crippen LogP contribution in [0.25, 0.3) is 6.08 Å². The maximum atomic E-state index is 12.4. The van der Waals surface area contributed by atoms with Crippen molar-refractivity contribution in [2.75, 3.05) is 19.6 Å². The second-order valence-electron chi connectivity index (χ2n) is 5.43. The van der Waals surface area contributed by atoms with Crippen molar-refractivity contribution in [2.45, 2.75) is 27.2 Å². The van der Waals surface area contributed by atoms with Crippen LogP contribution >= 0.6 is 11.8 Å². The molecule has 0 spiro atoms. The standard InChI is InChI=1S/C18H22N2O3S/c1-4-13-7-9-14(10-8-13)11-15-17(22)20(18(23)24-15)12-16(21)19(5-2)6-3/h7-11H,4-6,12H2,1-3H3/b15-11-. The second-order valence-corrected chi connectivity index (χ2v) is 6.42. The fourth-order valence-electron chi connectivity index (χ4n) is 2.45. The number of hydrogen-bond donors (Lipinski definition) is 0. The molecule has 1 aromatic rings. The highest BCUT2D eigenvalue weighted by Gasteiger charge is 2.36. The Morgan fingerprint density at radius 3 is 2.29 bits per heavy atom. The van der Waals surface area contributed by atoms with Gasteiger partial charge in [-0.15, -0.1) is 0 Å². The third kappa shape index (κ3) is 4.06. The largest absolute Gasteiger partial charge is 0.342 e. The molecule has 0 N–H and O–H groups in total. The third-order valence-corrected chi connectivity index (χ3v) is 4.88. The predicted molar refractivity (Wildman–Crippen MR) is 96.4 cm³/mol. The minimum Gasteiger partial charge on any atom is -0.342 e. The number of likely N-dealkylation sites (N-methyl/N-ethyl adjacent to an activating group) is 1. The van der Waals surface area contributed by atoms with Gasteiger partial charge in [-0.25, -0.2) is 0 Å². The lowest BCUT2D eigenvalue weighted by Crippen LogP contribution is -2.41. The molecule has 1 aliphatic heterocycles. The maximum absolute atomic E-state index is 12.4. The Hall–Kier alpha value is -2.08. The molecular weight excluding hydrogens is 324 g/mol. The fraction of sp³-hybridized carbons (Fsp3) is 0.389. The van der Waals surface area contributed by atoms with E-state index in [4.69, 9.17) is 0 Å². The number of amides is 3. The van der Waals surface area contributed by atoms with Gasteiger partial charge in [0.1, 0.15) is 6.54 Å². The summed E-state index contributed by atoms with van der Waals surface area (Å²) in [6.45, 7) is 6.74. The van der Waals surface area contributed by atoms with E-state index in [-0.39, 0.29) is 12.5 Å². The molecule has 0 saturated carbocycles. The summed E-state index contributed by atoms with van der Waals surface area (Å²) in [5, 5.41) is -0.392. The van der Waals surface area contributed by atoms with Gasteiger partial charge in [0.15, 0.2) is 0 Å². The van der Waals surface area contributed by atoms with Gasteiger partial charge in [0.25, 0.3) is 11.1 Å². The molecule has 2 rings (SSSR count). The molecule has 1 heterocycles. The monoisotopic (exact) mass is 346 g/mol. The molecule has 6 heteroatoms. The molecule has 1 saturated heterocycles. The normalized spacial score (nSPS) is 16.1. The van der Waals surface area contributed by atoms with Gasteiger partial charge in [-0.1, -0.05) is 31.2 Å². The highest BCUT2D eigenvalue weighted by molar-refractivity contribution is 8.18. The molecule has 0 unspecified atom stereocenters. The number of carbonyl (C=O) groups excluding carboxylic acids is 3. The summed E-state index contributed by atoms with van der Waals surface area (Å²) in [4.78, 5) is 39.6. The fourth-order valence-corrected chi connectivity index (χ4v) is 3.29. The summed E-state index contributed by atoms with van der Waals surface area (Å²) >= 11 is 0.883. The number of aryl methyl sites for hydroxylation is 1. The van der Waals surface area contributed by atoms with Crippen LogP contribution in [0.4, 0.5) is 4.79 Å². The van der Waals surface area contributed by atoms with E-state index in [1.165, 1.54) is 5.56 Å². The average molecular weight is 346 g/mol. The molecule has 128 valence electrons. The quantitative estimate of drug-likeness (QED) is 0.743. The summed E-state index contributed by atoms with van der Waals surface area (Å²) in [5.74, 6) is -0.610. The topological polar surface area (TPSA) is 57.7 Å². The molecular formula is C18H22N2O3S. The van der Waals surface area contributed by atoms with Gasteiger partial charge in [-0.3, -0.25) is 19.3 Å². The van der Waals surface area contributed by atoms with Crippen molar-refractivity contribution in [3.05, 3.63) is 40.3 Å². The Morgan fingerprint density at radius 1 is 1.12 bits per heavy atom. The van der Waals surface area contributed by atoms with Gasteiger partial charge in [-0.2, -0.15) is 0 Å². The van der Waals surface area contributed by atoms with Crippen LogP contribution in [-0.4, -0.2) is 46.5 Å². The minimum atomic E-state index is -0.398. The number of rotatable bonds is 6. The Bertz CT molecular complexity index is 663. The smallest absolute Gasteiger partial charge is 0.294 e. The first kappa shape index (κ1) is 18.3. The van der Waals surface area contributed by atoms with Crippen molar-refractivity contribution < 1.29 is 14.4 Å². The zero-order chi connectivity index (χ0) is 17.7. The molecule has 24 heavy (non-hydrogen) atoms. The molecule has 0 atom stereocenters. The number of nitrogens with zero attached hydrogens (tertiary/aromatic N) is 2. The van der Waals surface area contributed by atoms with Gasteiger partial charge < -0.3 is 4.90 Å². The Morgan fingerprint density at radius 2 is 1.75 bits per heavy atom. The van der Waals surface area contributed by atoms with Crippen molar-refractivity contribution in [1.82, 2.24) is 9.80 Å². The van der Waals surface area contributed by atoms with E-state index < -0.39 is 11.1 Å². The number of benzene rings is 1. The summed E-state index contributed by atoms with van der Waals surface area (Å²) in [6.07, 6.45) is 2.65. The lowest BCUT2D eigenvalue weighted by molar-refractivity contribution is -0.135. The molecule has 1 fully saturated rings. The van der Waals surface area contributed by atoms with Gasteiger partial charge in [-0.05, 0) is 49.2 Å². The highest BCUT2D eigenvalue weighted by Crippen LogP contribution is 2.32. The molecule has 0 aliphatic carbocycles. The lowest BCUT2D eigenvalue weighted by atomic mass is 10.1. The number of hydrogen-bond acceptors (Lipinski definition) is 4. The van der Waals surface area contributed by atoms with E-state index in [9.17, 15) is 14.4 Å². The van der Waals surface area contributed by atoms with Gasteiger partial charge in [0.2, 0.25) is 5.91 Å². The van der Waals surface area contributed by atoms with Crippen LogP contribution in [0.5, 0.6) is 0 Å². The van der Waals surface area contributed by atoms with Crippen molar-refractivity contribution >= 4 is 34.9 Å². The van der Waals surface area contributed by atoms with E-state index in [1.54, 1.807) is 11.0 Å². The maximum Gasteiger partial charge on any atom is 0.294 e. The highest BCUT2D eigenvalue weighted by atomic mass is 32.2. The molecule has 5 nitrogen and oxygen atoms in total. The summed E-state index contributed by atoms with van der Waals surface area (Å²) in [5.41, 5.74) is 2.08. The SMILES string of the molecule is CCc1ccc(/C=C2\SC(=O)N(CC(=O)N(CC)CC)C2=O)cc1. The summed E-state index contributed by atoms with van der Waals surface area (Å²) < 4.78 is 0. The molecule has 0 bridgehead atoms. The molecule has 3 amide bonds. The van der Waals surface area contributed by atoms with Crippen LogP contribution in [0.1, 0.15) is 31.9 Å². The minimum absolute atomic E-state index is 0.196. The first-order valence-electron chi connectivity index (χ1n) is 8.12. The zero-order valence-corrected chi connectivity index (χ0v) is 15.1.